The van der Waals surface area contributed by atoms with Crippen molar-refractivity contribution < 1.29 is 0 Å². The highest BCUT2D eigenvalue weighted by atomic mass is 15.1. The average Bonchev–Trinajstić information content (AvgIpc) is 3.71. The molecule has 0 bridgehead atoms. The lowest BCUT2D eigenvalue weighted by Crippen LogP contribution is -1.98. The van der Waals surface area contributed by atoms with Crippen LogP contribution in [0.3, 0.4) is 0 Å². The highest BCUT2D eigenvalue weighted by Crippen LogP contribution is 2.37. The predicted octanol–water partition coefficient (Wildman–Crippen LogP) is 9.22. The van der Waals surface area contributed by atoms with Crippen LogP contribution in [-0.4, -0.2) is 18.7 Å². The number of hydrogen-bond acceptors (Lipinski definition) is 1. The van der Waals surface area contributed by atoms with Gasteiger partial charge >= 0.3 is 0 Å². The van der Waals surface area contributed by atoms with Gasteiger partial charge in [-0.15, -0.1) is 0 Å². The molecular weight excluding hydrogens is 500 g/mol. The zero-order chi connectivity index (χ0) is 26.9. The molecule has 0 atom stereocenters. The van der Waals surface area contributed by atoms with Crippen LogP contribution in [0.2, 0.25) is 0 Å². The first-order valence-electron chi connectivity index (χ1n) is 13.9. The lowest BCUT2D eigenvalue weighted by Gasteiger charge is -2.12. The lowest BCUT2D eigenvalue weighted by atomic mass is 10.1. The maximum Gasteiger partial charge on any atom is 0.100 e. The summed E-state index contributed by atoms with van der Waals surface area (Å²) in [4.78, 5) is 4.62. The van der Waals surface area contributed by atoms with Gasteiger partial charge in [0.2, 0.25) is 0 Å². The molecule has 4 heteroatoms. The van der Waals surface area contributed by atoms with Crippen LogP contribution in [0.25, 0.3) is 71.7 Å². The minimum atomic E-state index is 0.993. The van der Waals surface area contributed by atoms with Crippen molar-refractivity contribution in [3.63, 3.8) is 0 Å². The summed E-state index contributed by atoms with van der Waals surface area (Å²) in [5.74, 6) is 0. The highest BCUT2D eigenvalue weighted by Gasteiger charge is 2.16. The summed E-state index contributed by atoms with van der Waals surface area (Å²) in [6, 6.07) is 49.9. The Bertz CT molecular complexity index is 2380. The molecule has 9 rings (SSSR count). The van der Waals surface area contributed by atoms with Crippen molar-refractivity contribution in [3.05, 3.63) is 146 Å². The van der Waals surface area contributed by atoms with Gasteiger partial charge in [0.05, 0.1) is 33.1 Å². The van der Waals surface area contributed by atoms with Crippen LogP contribution in [0.5, 0.6) is 0 Å². The minimum absolute atomic E-state index is 0.993. The number of nitrogens with zero attached hydrogens (tertiary/aromatic N) is 4. The lowest BCUT2D eigenvalue weighted by molar-refractivity contribution is 1.08. The third-order valence-corrected chi connectivity index (χ3v) is 8.31. The number of benzene rings is 6. The van der Waals surface area contributed by atoms with E-state index in [0.717, 1.165) is 28.1 Å². The van der Waals surface area contributed by atoms with Gasteiger partial charge in [-0.3, -0.25) is 4.57 Å². The standard InChI is InChI=1S/C37H24N4/c1-5-16-33-28(12-1)29-13-2-6-17-34(29)41(33)27-20-21-36-31(23-27)30-14-3-7-18-35(30)40(36)26-11-9-10-25(22-26)39-24-38-32-15-4-8-19-37(32)39/h1-24H. The Hall–Kier alpha value is -5.61. The van der Waals surface area contributed by atoms with Gasteiger partial charge in [-0.05, 0) is 66.7 Å². The molecule has 0 aliphatic rings. The molecule has 192 valence electrons. The number of para-hydroxylation sites is 5. The van der Waals surface area contributed by atoms with E-state index in [9.17, 15) is 0 Å². The van der Waals surface area contributed by atoms with Crippen molar-refractivity contribution in [1.29, 1.82) is 0 Å². The zero-order valence-corrected chi connectivity index (χ0v) is 22.1. The van der Waals surface area contributed by atoms with E-state index in [2.05, 4.69) is 152 Å². The van der Waals surface area contributed by atoms with E-state index in [-0.39, 0.29) is 0 Å². The van der Waals surface area contributed by atoms with E-state index in [0.29, 0.717) is 0 Å². The van der Waals surface area contributed by atoms with Gasteiger partial charge in [0.25, 0.3) is 0 Å². The molecule has 0 amide bonds. The first-order chi connectivity index (χ1) is 20.3. The quantitative estimate of drug-likeness (QED) is 0.226. The Kier molecular flexibility index (Phi) is 4.58. The van der Waals surface area contributed by atoms with E-state index in [1.54, 1.807) is 0 Å². The molecule has 41 heavy (non-hydrogen) atoms. The molecule has 3 aromatic heterocycles. The molecule has 0 saturated heterocycles. The molecule has 9 aromatic rings. The Labute approximate surface area is 235 Å². The molecule has 0 aliphatic carbocycles. The van der Waals surface area contributed by atoms with Crippen molar-refractivity contribution >= 4 is 54.6 Å². The smallest absolute Gasteiger partial charge is 0.100 e. The van der Waals surface area contributed by atoms with Crippen LogP contribution in [0, 0.1) is 0 Å². The van der Waals surface area contributed by atoms with E-state index < -0.39 is 0 Å². The maximum absolute atomic E-state index is 4.62. The molecule has 0 saturated carbocycles. The fourth-order valence-corrected chi connectivity index (χ4v) is 6.53. The van der Waals surface area contributed by atoms with E-state index in [1.807, 2.05) is 12.4 Å². The summed E-state index contributed by atoms with van der Waals surface area (Å²) in [6.07, 6.45) is 1.91. The molecule has 0 radical (unpaired) electrons. The van der Waals surface area contributed by atoms with Crippen molar-refractivity contribution in [2.24, 2.45) is 0 Å². The van der Waals surface area contributed by atoms with Gasteiger partial charge in [0.15, 0.2) is 0 Å². The number of fused-ring (bicyclic) bond motifs is 7. The van der Waals surface area contributed by atoms with Crippen LogP contribution in [-0.2, 0) is 0 Å². The van der Waals surface area contributed by atoms with Gasteiger partial charge in [-0.2, -0.15) is 0 Å². The van der Waals surface area contributed by atoms with Crippen molar-refractivity contribution in [2.75, 3.05) is 0 Å². The SMILES string of the molecule is c1cc(-n2cnc3ccccc32)cc(-n2c3ccccc3c3cc(-n4c5ccccc5c5ccccc54)ccc32)c1. The fraction of sp³-hybridized carbons (Fsp3) is 0. The van der Waals surface area contributed by atoms with E-state index >= 15 is 0 Å². The second-order valence-corrected chi connectivity index (χ2v) is 10.5. The van der Waals surface area contributed by atoms with Gasteiger partial charge in [0, 0.05) is 38.6 Å². The summed E-state index contributed by atoms with van der Waals surface area (Å²) in [6.45, 7) is 0. The van der Waals surface area contributed by atoms with Crippen molar-refractivity contribution in [1.82, 2.24) is 18.7 Å². The van der Waals surface area contributed by atoms with Crippen LogP contribution in [0.1, 0.15) is 0 Å². The monoisotopic (exact) mass is 524 g/mol. The molecule has 4 nitrogen and oxygen atoms in total. The Morgan fingerprint density at radius 1 is 0.366 bits per heavy atom. The van der Waals surface area contributed by atoms with Gasteiger partial charge < -0.3 is 9.13 Å². The molecule has 0 unspecified atom stereocenters. The Morgan fingerprint density at radius 3 is 1.56 bits per heavy atom. The van der Waals surface area contributed by atoms with E-state index in [1.165, 1.54) is 43.6 Å². The largest absolute Gasteiger partial charge is 0.309 e. The van der Waals surface area contributed by atoms with Crippen LogP contribution >= 0.6 is 0 Å². The van der Waals surface area contributed by atoms with E-state index in [4.69, 9.17) is 0 Å². The molecule has 0 aliphatic heterocycles. The first-order valence-corrected chi connectivity index (χ1v) is 13.9. The minimum Gasteiger partial charge on any atom is -0.309 e. The third kappa shape index (κ3) is 3.19. The summed E-state index contributed by atoms with van der Waals surface area (Å²) in [5.41, 5.74) is 10.3. The molecular formula is C37H24N4. The molecule has 6 aromatic carbocycles. The molecule has 0 fully saturated rings. The van der Waals surface area contributed by atoms with Crippen LogP contribution in [0.15, 0.2) is 146 Å². The normalized spacial score (nSPS) is 11.9. The van der Waals surface area contributed by atoms with Gasteiger partial charge in [-0.25, -0.2) is 4.98 Å². The fourth-order valence-electron chi connectivity index (χ4n) is 6.53. The van der Waals surface area contributed by atoms with Crippen molar-refractivity contribution in [2.45, 2.75) is 0 Å². The Morgan fingerprint density at radius 2 is 0.878 bits per heavy atom. The summed E-state index contributed by atoms with van der Waals surface area (Å²) < 4.78 is 6.93. The second-order valence-electron chi connectivity index (χ2n) is 10.5. The average molecular weight is 525 g/mol. The van der Waals surface area contributed by atoms with Crippen molar-refractivity contribution in [3.8, 4) is 17.1 Å². The maximum atomic E-state index is 4.62. The summed E-state index contributed by atoms with van der Waals surface area (Å²) in [5, 5.41) is 5.02. The number of aromatic nitrogens is 4. The Balaban J connectivity index is 1.29. The summed E-state index contributed by atoms with van der Waals surface area (Å²) >= 11 is 0. The second kappa shape index (κ2) is 8.44. The first kappa shape index (κ1) is 22.2. The number of hydrogen-bond donors (Lipinski definition) is 0. The number of imidazole rings is 1. The molecule has 0 N–H and O–H groups in total. The van der Waals surface area contributed by atoms with Crippen LogP contribution < -0.4 is 0 Å². The zero-order valence-electron chi connectivity index (χ0n) is 22.1. The third-order valence-electron chi connectivity index (χ3n) is 8.31. The predicted molar refractivity (Wildman–Crippen MR) is 170 cm³/mol. The van der Waals surface area contributed by atoms with Crippen LogP contribution in [0.4, 0.5) is 0 Å². The highest BCUT2D eigenvalue weighted by molar-refractivity contribution is 6.12. The number of rotatable bonds is 3. The summed E-state index contributed by atoms with van der Waals surface area (Å²) in [7, 11) is 0. The van der Waals surface area contributed by atoms with Gasteiger partial charge in [0.1, 0.15) is 6.33 Å². The molecule has 3 heterocycles. The molecule has 0 spiro atoms. The topological polar surface area (TPSA) is 27.7 Å². The van der Waals surface area contributed by atoms with Gasteiger partial charge in [-0.1, -0.05) is 72.8 Å².